The maximum atomic E-state index is 12.5. The molecule has 1 aromatic heterocycles. The number of thioether (sulfide) groups is 1. The molecule has 0 bridgehead atoms. The summed E-state index contributed by atoms with van der Waals surface area (Å²) in [5.74, 6) is 1.65. The van der Waals surface area contributed by atoms with E-state index in [9.17, 15) is 4.79 Å². The molecule has 4 nitrogen and oxygen atoms in total. The summed E-state index contributed by atoms with van der Waals surface area (Å²) in [6.07, 6.45) is 4.73. The summed E-state index contributed by atoms with van der Waals surface area (Å²) in [7, 11) is 0. The van der Waals surface area contributed by atoms with Crippen LogP contribution in [0.3, 0.4) is 0 Å². The number of hydrogen-bond acceptors (Lipinski definition) is 4. The summed E-state index contributed by atoms with van der Waals surface area (Å²) < 4.78 is 6.09. The minimum absolute atomic E-state index is 0.0504. The van der Waals surface area contributed by atoms with Gasteiger partial charge in [-0.3, -0.25) is 4.79 Å². The Morgan fingerprint density at radius 1 is 1.03 bits per heavy atom. The summed E-state index contributed by atoms with van der Waals surface area (Å²) in [6, 6.07) is 20.3. The molecular formula is C24H26N2O2S. The maximum Gasteiger partial charge on any atom is 0.257 e. The predicted molar refractivity (Wildman–Crippen MR) is 118 cm³/mol. The zero-order chi connectivity index (χ0) is 20.1. The van der Waals surface area contributed by atoms with E-state index in [-0.39, 0.29) is 5.91 Å². The molecule has 1 amide bonds. The van der Waals surface area contributed by atoms with Gasteiger partial charge in [-0.25, -0.2) is 4.98 Å². The molecule has 150 valence electrons. The molecule has 0 aliphatic heterocycles. The van der Waals surface area contributed by atoms with Crippen LogP contribution in [0.15, 0.2) is 70.3 Å². The van der Waals surface area contributed by atoms with Crippen molar-refractivity contribution in [2.24, 2.45) is 5.92 Å². The lowest BCUT2D eigenvalue weighted by atomic mass is 9.86. The molecule has 1 aliphatic rings. The van der Waals surface area contributed by atoms with Gasteiger partial charge in [0.1, 0.15) is 5.69 Å². The standard InChI is InChI=1S/C24H26N2O2S/c1-17-10-8-9-15-20(17)25-21(27)16-29-24-26-22(18-11-4-2-5-12-18)23(28-24)19-13-6-3-7-14-19/h2-7,11-14,17,20H,8-10,15-16H2,1H3,(H,25,27)/t17-,20+/m0/s1. The van der Waals surface area contributed by atoms with E-state index in [1.165, 1.54) is 31.0 Å². The van der Waals surface area contributed by atoms with E-state index >= 15 is 0 Å². The van der Waals surface area contributed by atoms with Crippen molar-refractivity contribution in [3.8, 4) is 22.6 Å². The van der Waals surface area contributed by atoms with Gasteiger partial charge in [0.2, 0.25) is 5.91 Å². The van der Waals surface area contributed by atoms with E-state index in [0.29, 0.717) is 22.9 Å². The van der Waals surface area contributed by atoms with Crippen molar-refractivity contribution in [1.82, 2.24) is 10.3 Å². The summed E-state index contributed by atoms with van der Waals surface area (Å²) in [5, 5.41) is 3.72. The van der Waals surface area contributed by atoms with Crippen LogP contribution in [-0.2, 0) is 4.79 Å². The van der Waals surface area contributed by atoms with Gasteiger partial charge in [-0.15, -0.1) is 0 Å². The molecule has 1 fully saturated rings. The van der Waals surface area contributed by atoms with Crippen molar-refractivity contribution in [2.45, 2.75) is 43.9 Å². The third-order valence-electron chi connectivity index (χ3n) is 5.48. The predicted octanol–water partition coefficient (Wildman–Crippen LogP) is 5.80. The fourth-order valence-corrected chi connectivity index (χ4v) is 4.48. The van der Waals surface area contributed by atoms with Gasteiger partial charge < -0.3 is 9.73 Å². The number of carbonyl (C=O) groups is 1. The Labute approximate surface area is 176 Å². The van der Waals surface area contributed by atoms with Gasteiger partial charge >= 0.3 is 0 Å². The molecule has 0 saturated heterocycles. The van der Waals surface area contributed by atoms with Crippen LogP contribution in [0.25, 0.3) is 22.6 Å². The lowest BCUT2D eigenvalue weighted by Crippen LogP contribution is -2.41. The first kappa shape index (κ1) is 19.8. The fraction of sp³-hybridized carbons (Fsp3) is 0.333. The Morgan fingerprint density at radius 3 is 2.38 bits per heavy atom. The van der Waals surface area contributed by atoms with E-state index in [4.69, 9.17) is 9.40 Å². The number of nitrogens with one attached hydrogen (secondary N) is 1. The summed E-state index contributed by atoms with van der Waals surface area (Å²) in [6.45, 7) is 2.23. The smallest absolute Gasteiger partial charge is 0.257 e. The van der Waals surface area contributed by atoms with Crippen LogP contribution in [0, 0.1) is 5.92 Å². The van der Waals surface area contributed by atoms with Crippen molar-refractivity contribution in [2.75, 3.05) is 5.75 Å². The molecule has 3 aromatic rings. The lowest BCUT2D eigenvalue weighted by Gasteiger charge is -2.29. The maximum absolute atomic E-state index is 12.5. The number of carbonyl (C=O) groups excluding carboxylic acids is 1. The van der Waals surface area contributed by atoms with Crippen molar-refractivity contribution < 1.29 is 9.21 Å². The Morgan fingerprint density at radius 2 is 1.69 bits per heavy atom. The average Bonchev–Trinajstić information content (AvgIpc) is 3.20. The highest BCUT2D eigenvalue weighted by Crippen LogP contribution is 2.35. The Balaban J connectivity index is 1.49. The molecule has 29 heavy (non-hydrogen) atoms. The van der Waals surface area contributed by atoms with Crippen LogP contribution in [0.4, 0.5) is 0 Å². The second-order valence-corrected chi connectivity index (χ2v) is 8.54. The van der Waals surface area contributed by atoms with Crippen molar-refractivity contribution >= 4 is 17.7 Å². The van der Waals surface area contributed by atoms with Gasteiger partial charge in [0.15, 0.2) is 5.76 Å². The van der Waals surface area contributed by atoms with Crippen molar-refractivity contribution in [3.63, 3.8) is 0 Å². The SMILES string of the molecule is C[C@H]1CCCC[C@H]1NC(=O)CSc1nc(-c2ccccc2)c(-c2ccccc2)o1. The minimum atomic E-state index is 0.0504. The highest BCUT2D eigenvalue weighted by molar-refractivity contribution is 7.99. The number of oxazole rings is 1. The minimum Gasteiger partial charge on any atom is -0.431 e. The molecule has 0 unspecified atom stereocenters. The van der Waals surface area contributed by atoms with E-state index in [0.717, 1.165) is 29.0 Å². The van der Waals surface area contributed by atoms with Gasteiger partial charge in [0, 0.05) is 17.2 Å². The van der Waals surface area contributed by atoms with Crippen LogP contribution in [0.1, 0.15) is 32.6 Å². The van der Waals surface area contributed by atoms with E-state index in [1.54, 1.807) is 0 Å². The first-order valence-corrected chi connectivity index (χ1v) is 11.2. The van der Waals surface area contributed by atoms with Gasteiger partial charge in [-0.2, -0.15) is 0 Å². The number of benzene rings is 2. The lowest BCUT2D eigenvalue weighted by molar-refractivity contribution is -0.119. The van der Waals surface area contributed by atoms with E-state index in [1.807, 2.05) is 60.7 Å². The molecule has 1 aliphatic carbocycles. The average molecular weight is 407 g/mol. The Bertz CT molecular complexity index is 883. The number of aromatic nitrogens is 1. The van der Waals surface area contributed by atoms with Crippen molar-refractivity contribution in [3.05, 3.63) is 60.7 Å². The topological polar surface area (TPSA) is 55.1 Å². The molecule has 0 spiro atoms. The van der Waals surface area contributed by atoms with Crippen LogP contribution in [-0.4, -0.2) is 22.7 Å². The Kier molecular flexibility index (Phi) is 6.35. The van der Waals surface area contributed by atoms with Crippen LogP contribution < -0.4 is 5.32 Å². The normalized spacial score (nSPS) is 19.1. The van der Waals surface area contributed by atoms with Crippen molar-refractivity contribution in [1.29, 1.82) is 0 Å². The van der Waals surface area contributed by atoms with Crippen LogP contribution >= 0.6 is 11.8 Å². The quantitative estimate of drug-likeness (QED) is 0.526. The highest BCUT2D eigenvalue weighted by Gasteiger charge is 2.23. The monoisotopic (exact) mass is 406 g/mol. The van der Waals surface area contributed by atoms with Crippen LogP contribution in [0.2, 0.25) is 0 Å². The van der Waals surface area contributed by atoms with E-state index < -0.39 is 0 Å². The zero-order valence-corrected chi connectivity index (χ0v) is 17.5. The second kappa shape index (κ2) is 9.31. The zero-order valence-electron chi connectivity index (χ0n) is 16.6. The highest BCUT2D eigenvalue weighted by atomic mass is 32.2. The fourth-order valence-electron chi connectivity index (χ4n) is 3.85. The number of nitrogens with zero attached hydrogens (tertiary/aromatic N) is 1. The van der Waals surface area contributed by atoms with Gasteiger partial charge in [0.25, 0.3) is 5.22 Å². The third kappa shape index (κ3) is 4.91. The largest absolute Gasteiger partial charge is 0.431 e. The molecule has 4 rings (SSSR count). The molecule has 1 saturated carbocycles. The van der Waals surface area contributed by atoms with Gasteiger partial charge in [-0.1, -0.05) is 92.2 Å². The first-order chi connectivity index (χ1) is 14.2. The van der Waals surface area contributed by atoms with E-state index in [2.05, 4.69) is 12.2 Å². The Hall–Kier alpha value is -2.53. The number of amides is 1. The second-order valence-electron chi connectivity index (χ2n) is 7.61. The third-order valence-corrected chi connectivity index (χ3v) is 6.30. The van der Waals surface area contributed by atoms with Gasteiger partial charge in [-0.05, 0) is 18.8 Å². The summed E-state index contributed by atoms with van der Waals surface area (Å²) in [4.78, 5) is 17.2. The molecule has 0 radical (unpaired) electrons. The van der Waals surface area contributed by atoms with Gasteiger partial charge in [0.05, 0.1) is 5.75 Å². The molecule has 1 N–H and O–H groups in total. The number of hydrogen-bond donors (Lipinski definition) is 1. The summed E-state index contributed by atoms with van der Waals surface area (Å²) in [5.41, 5.74) is 2.79. The first-order valence-electron chi connectivity index (χ1n) is 10.2. The molecule has 1 heterocycles. The molecule has 2 atom stereocenters. The van der Waals surface area contributed by atoms with Crippen LogP contribution in [0.5, 0.6) is 0 Å². The molecular weight excluding hydrogens is 380 g/mol. The molecule has 2 aromatic carbocycles. The molecule has 5 heteroatoms. The summed E-state index contributed by atoms with van der Waals surface area (Å²) >= 11 is 1.35. The number of rotatable bonds is 6.